The van der Waals surface area contributed by atoms with E-state index in [-0.39, 0.29) is 0 Å². The van der Waals surface area contributed by atoms with Crippen molar-refractivity contribution in [3.05, 3.63) is 60.7 Å². The lowest BCUT2D eigenvalue weighted by atomic mass is 10.1. The van der Waals surface area contributed by atoms with E-state index in [1.165, 1.54) is 6.07 Å². The van der Waals surface area contributed by atoms with Crippen molar-refractivity contribution in [2.75, 3.05) is 0 Å². The minimum absolute atomic E-state index is 0.398. The number of halogens is 1. The van der Waals surface area contributed by atoms with E-state index in [1.54, 1.807) is 12.3 Å². The Morgan fingerprint density at radius 2 is 1.78 bits per heavy atom. The molecular weight excluding hydrogens is 231 g/mol. The highest BCUT2D eigenvalue weighted by molar-refractivity contribution is 5.66. The lowest BCUT2D eigenvalue weighted by molar-refractivity contribution is 0.434. The summed E-state index contributed by atoms with van der Waals surface area (Å²) in [5.74, 6) is 0.103. The molecule has 3 rings (SSSR count). The van der Waals surface area contributed by atoms with Gasteiger partial charge in [-0.15, -0.1) is 0 Å². The highest BCUT2D eigenvalue weighted by Crippen LogP contribution is 2.25. The van der Waals surface area contributed by atoms with E-state index in [0.29, 0.717) is 11.3 Å². The molecule has 88 valence electrons. The molecule has 0 radical (unpaired) electrons. The fourth-order valence-electron chi connectivity index (χ4n) is 1.70. The number of rotatable bonds is 2. The Labute approximate surface area is 103 Å². The molecule has 0 aliphatic carbocycles. The Balaban J connectivity index is 2.00. The maximum atomic E-state index is 13.1. The van der Waals surface area contributed by atoms with Gasteiger partial charge in [-0.05, 0) is 6.07 Å². The Morgan fingerprint density at radius 3 is 2.56 bits per heavy atom. The molecule has 3 nitrogen and oxygen atoms in total. The summed E-state index contributed by atoms with van der Waals surface area (Å²) in [5.41, 5.74) is 2.25. The molecule has 18 heavy (non-hydrogen) atoms. The molecule has 2 aromatic heterocycles. The third-order valence-electron chi connectivity index (χ3n) is 2.57. The summed E-state index contributed by atoms with van der Waals surface area (Å²) in [6.45, 7) is 0. The normalized spacial score (nSPS) is 10.5. The average Bonchev–Trinajstić information content (AvgIpc) is 2.89. The van der Waals surface area contributed by atoms with Gasteiger partial charge in [-0.2, -0.15) is 0 Å². The maximum Gasteiger partial charge on any atom is 0.169 e. The van der Waals surface area contributed by atoms with E-state index >= 15 is 0 Å². The van der Waals surface area contributed by atoms with Crippen LogP contribution in [0.4, 0.5) is 4.39 Å². The fraction of sp³-hybridized carbons (Fsp3) is 0. The number of benzene rings is 1. The maximum absolute atomic E-state index is 13.1. The molecular formula is C14H9FN2O. The van der Waals surface area contributed by atoms with Crippen molar-refractivity contribution < 1.29 is 8.91 Å². The highest BCUT2D eigenvalue weighted by atomic mass is 19.1. The number of nitrogens with zero attached hydrogens (tertiary/aromatic N) is 2. The van der Waals surface area contributed by atoms with Crippen LogP contribution in [0, 0.1) is 5.82 Å². The molecule has 0 N–H and O–H groups in total. The molecule has 0 bridgehead atoms. The largest absolute Gasteiger partial charge is 0.356 e. The second-order valence-corrected chi connectivity index (χ2v) is 3.83. The summed E-state index contributed by atoms with van der Waals surface area (Å²) in [4.78, 5) is 3.78. The van der Waals surface area contributed by atoms with Gasteiger partial charge in [0.2, 0.25) is 0 Å². The van der Waals surface area contributed by atoms with Crippen molar-refractivity contribution in [3.8, 4) is 22.6 Å². The zero-order valence-corrected chi connectivity index (χ0v) is 9.38. The first-order valence-electron chi connectivity index (χ1n) is 5.46. The molecule has 2 heterocycles. The average molecular weight is 240 g/mol. The smallest absolute Gasteiger partial charge is 0.169 e. The van der Waals surface area contributed by atoms with Crippen molar-refractivity contribution in [3.63, 3.8) is 0 Å². The molecule has 0 atom stereocenters. The molecule has 1 aromatic carbocycles. The van der Waals surface area contributed by atoms with E-state index in [2.05, 4.69) is 10.1 Å². The van der Waals surface area contributed by atoms with Crippen molar-refractivity contribution in [2.45, 2.75) is 0 Å². The number of hydrogen-bond acceptors (Lipinski definition) is 3. The van der Waals surface area contributed by atoms with Gasteiger partial charge in [0.1, 0.15) is 11.5 Å². The molecule has 0 fully saturated rings. The third kappa shape index (κ3) is 2.00. The van der Waals surface area contributed by atoms with Gasteiger partial charge >= 0.3 is 0 Å². The standard InChI is InChI=1S/C14H9FN2O/c15-12-6-11(8-16-9-12)14-7-13(17-18-14)10-4-2-1-3-5-10/h1-9H. The molecule has 0 saturated carbocycles. The molecule has 0 unspecified atom stereocenters. The SMILES string of the molecule is Fc1cncc(-c2cc(-c3ccccc3)no2)c1. The first-order chi connectivity index (χ1) is 8.83. The van der Waals surface area contributed by atoms with Crippen LogP contribution in [0.15, 0.2) is 59.4 Å². The predicted octanol–water partition coefficient (Wildman–Crippen LogP) is 3.54. The van der Waals surface area contributed by atoms with Gasteiger partial charge < -0.3 is 4.52 Å². The molecule has 4 heteroatoms. The van der Waals surface area contributed by atoms with Crippen molar-refractivity contribution in [1.29, 1.82) is 0 Å². The van der Waals surface area contributed by atoms with Crippen LogP contribution in [0.5, 0.6) is 0 Å². The van der Waals surface area contributed by atoms with Gasteiger partial charge in [-0.1, -0.05) is 35.5 Å². The molecule has 0 saturated heterocycles. The first-order valence-corrected chi connectivity index (χ1v) is 5.46. The van der Waals surface area contributed by atoms with Gasteiger partial charge in [0.05, 0.1) is 6.20 Å². The third-order valence-corrected chi connectivity index (χ3v) is 2.57. The fourth-order valence-corrected chi connectivity index (χ4v) is 1.70. The number of pyridine rings is 1. The van der Waals surface area contributed by atoms with Gasteiger partial charge in [0.15, 0.2) is 5.76 Å². The Morgan fingerprint density at radius 1 is 0.944 bits per heavy atom. The van der Waals surface area contributed by atoms with Crippen LogP contribution in [-0.4, -0.2) is 10.1 Å². The Kier molecular flexibility index (Phi) is 2.61. The van der Waals surface area contributed by atoms with Crippen LogP contribution >= 0.6 is 0 Å². The molecule has 0 aliphatic heterocycles. The number of hydrogen-bond donors (Lipinski definition) is 0. The summed E-state index contributed by atoms with van der Waals surface area (Å²) >= 11 is 0. The van der Waals surface area contributed by atoms with E-state index < -0.39 is 5.82 Å². The topological polar surface area (TPSA) is 38.9 Å². The summed E-state index contributed by atoms with van der Waals surface area (Å²) in [7, 11) is 0. The van der Waals surface area contributed by atoms with Crippen molar-refractivity contribution >= 4 is 0 Å². The van der Waals surface area contributed by atoms with Gasteiger partial charge in [0.25, 0.3) is 0 Å². The second kappa shape index (κ2) is 4.41. The second-order valence-electron chi connectivity index (χ2n) is 3.83. The van der Waals surface area contributed by atoms with Gasteiger partial charge in [-0.25, -0.2) is 4.39 Å². The first kappa shape index (κ1) is 10.7. The molecule has 0 aliphatic rings. The van der Waals surface area contributed by atoms with Crippen molar-refractivity contribution in [2.24, 2.45) is 0 Å². The van der Waals surface area contributed by atoms with Crippen LogP contribution in [0.3, 0.4) is 0 Å². The van der Waals surface area contributed by atoms with E-state index in [1.807, 2.05) is 30.3 Å². The van der Waals surface area contributed by atoms with Crippen LogP contribution in [0.25, 0.3) is 22.6 Å². The zero-order chi connectivity index (χ0) is 12.4. The number of aromatic nitrogens is 2. The quantitative estimate of drug-likeness (QED) is 0.687. The van der Waals surface area contributed by atoms with Crippen LogP contribution in [0.1, 0.15) is 0 Å². The van der Waals surface area contributed by atoms with Crippen LogP contribution in [0.2, 0.25) is 0 Å². The van der Waals surface area contributed by atoms with Crippen LogP contribution in [-0.2, 0) is 0 Å². The lowest BCUT2D eigenvalue weighted by Gasteiger charge is -1.93. The van der Waals surface area contributed by atoms with Gasteiger partial charge in [-0.3, -0.25) is 4.98 Å². The predicted molar refractivity (Wildman–Crippen MR) is 65.1 cm³/mol. The van der Waals surface area contributed by atoms with E-state index in [4.69, 9.17) is 4.52 Å². The van der Waals surface area contributed by atoms with E-state index in [9.17, 15) is 4.39 Å². The Hall–Kier alpha value is -2.49. The summed E-state index contributed by atoms with van der Waals surface area (Å²) in [6, 6.07) is 12.8. The molecule has 3 aromatic rings. The molecule has 0 spiro atoms. The van der Waals surface area contributed by atoms with Gasteiger partial charge in [0, 0.05) is 23.4 Å². The minimum Gasteiger partial charge on any atom is -0.356 e. The van der Waals surface area contributed by atoms with E-state index in [0.717, 1.165) is 17.5 Å². The summed E-state index contributed by atoms with van der Waals surface area (Å²) in [5, 5.41) is 3.97. The minimum atomic E-state index is -0.398. The van der Waals surface area contributed by atoms with Crippen LogP contribution < -0.4 is 0 Å². The highest BCUT2D eigenvalue weighted by Gasteiger charge is 2.09. The summed E-state index contributed by atoms with van der Waals surface area (Å²) < 4.78 is 18.3. The lowest BCUT2D eigenvalue weighted by Crippen LogP contribution is -1.80. The summed E-state index contributed by atoms with van der Waals surface area (Å²) in [6.07, 6.45) is 2.69. The van der Waals surface area contributed by atoms with Crippen molar-refractivity contribution in [1.82, 2.24) is 10.1 Å². The Bertz CT molecular complexity index is 664. The zero-order valence-electron chi connectivity index (χ0n) is 9.38. The molecule has 0 amide bonds. The monoisotopic (exact) mass is 240 g/mol.